The second kappa shape index (κ2) is 7.19. The van der Waals surface area contributed by atoms with E-state index in [-0.39, 0.29) is 10.7 Å². The van der Waals surface area contributed by atoms with Gasteiger partial charge in [-0.3, -0.25) is 0 Å². The summed E-state index contributed by atoms with van der Waals surface area (Å²) in [6.45, 7) is 0. The van der Waals surface area contributed by atoms with Gasteiger partial charge >= 0.3 is 12.2 Å². The second-order valence-electron chi connectivity index (χ2n) is 4.61. The number of halogens is 5. The number of methoxy groups -OCH3 is 1. The Kier molecular flexibility index (Phi) is 5.46. The van der Waals surface area contributed by atoms with Gasteiger partial charge in [-0.15, -0.1) is 0 Å². The van der Waals surface area contributed by atoms with Gasteiger partial charge in [0.2, 0.25) is 0 Å². The lowest BCUT2D eigenvalue weighted by atomic mass is 10.1. The minimum Gasteiger partial charge on any atom is -0.495 e. The molecule has 0 saturated heterocycles. The number of carbonyl (C=O) groups is 1. The molecule has 0 aliphatic carbocycles. The van der Waals surface area contributed by atoms with Crippen LogP contribution in [0.3, 0.4) is 0 Å². The molecule has 0 atom stereocenters. The summed E-state index contributed by atoms with van der Waals surface area (Å²) >= 11 is 11.4. The highest BCUT2D eigenvalue weighted by Gasteiger charge is 2.34. The first-order valence-electron chi connectivity index (χ1n) is 6.49. The molecule has 2 rings (SSSR count). The predicted molar refractivity (Wildman–Crippen MR) is 87.1 cm³/mol. The molecule has 24 heavy (non-hydrogen) atoms. The molecule has 0 fully saturated rings. The van der Waals surface area contributed by atoms with E-state index in [1.165, 1.54) is 25.3 Å². The lowest BCUT2D eigenvalue weighted by molar-refractivity contribution is -0.136. The number of hydrogen-bond acceptors (Lipinski definition) is 2. The minimum atomic E-state index is -4.67. The third-order valence-corrected chi connectivity index (χ3v) is 3.42. The van der Waals surface area contributed by atoms with E-state index in [0.29, 0.717) is 10.8 Å². The van der Waals surface area contributed by atoms with E-state index in [1.807, 2.05) is 0 Å². The van der Waals surface area contributed by atoms with Crippen LogP contribution in [-0.4, -0.2) is 13.1 Å². The fraction of sp³-hybridized carbons (Fsp3) is 0.133. The minimum absolute atomic E-state index is 0.0928. The van der Waals surface area contributed by atoms with Crippen molar-refractivity contribution in [2.24, 2.45) is 0 Å². The quantitative estimate of drug-likeness (QED) is 0.723. The van der Waals surface area contributed by atoms with E-state index in [0.717, 1.165) is 12.1 Å². The predicted octanol–water partition coefficient (Wildman–Crippen LogP) is 5.66. The largest absolute Gasteiger partial charge is 0.495 e. The Hall–Kier alpha value is -2.12. The molecule has 9 heteroatoms. The lowest BCUT2D eigenvalue weighted by Crippen LogP contribution is -2.22. The summed E-state index contributed by atoms with van der Waals surface area (Å²) in [7, 11) is 1.38. The number of benzene rings is 2. The molecule has 2 amide bonds. The summed E-state index contributed by atoms with van der Waals surface area (Å²) < 4.78 is 44.1. The Morgan fingerprint density at radius 2 is 1.58 bits per heavy atom. The van der Waals surface area contributed by atoms with Crippen LogP contribution in [0.25, 0.3) is 0 Å². The van der Waals surface area contributed by atoms with Crippen molar-refractivity contribution >= 4 is 40.6 Å². The monoisotopic (exact) mass is 378 g/mol. The van der Waals surface area contributed by atoms with E-state index >= 15 is 0 Å². The molecule has 0 heterocycles. The van der Waals surface area contributed by atoms with E-state index in [9.17, 15) is 18.0 Å². The summed E-state index contributed by atoms with van der Waals surface area (Å²) in [4.78, 5) is 12.0. The molecule has 0 aliphatic heterocycles. The molecule has 0 saturated carbocycles. The molecule has 2 aromatic rings. The van der Waals surface area contributed by atoms with Crippen molar-refractivity contribution in [1.29, 1.82) is 0 Å². The van der Waals surface area contributed by atoms with Crippen molar-refractivity contribution in [1.82, 2.24) is 0 Å². The van der Waals surface area contributed by atoms with Crippen LogP contribution in [0.1, 0.15) is 5.56 Å². The first kappa shape index (κ1) is 18.2. The van der Waals surface area contributed by atoms with Gasteiger partial charge in [0.15, 0.2) is 0 Å². The molecule has 0 aromatic heterocycles. The van der Waals surface area contributed by atoms with Crippen molar-refractivity contribution < 1.29 is 22.7 Å². The average Bonchev–Trinajstić information content (AvgIpc) is 2.48. The van der Waals surface area contributed by atoms with Gasteiger partial charge in [0, 0.05) is 10.0 Å². The summed E-state index contributed by atoms with van der Waals surface area (Å²) in [6.07, 6.45) is -4.67. The molecule has 128 valence electrons. The number of urea groups is 1. The fourth-order valence-electron chi connectivity index (χ4n) is 1.91. The normalized spacial score (nSPS) is 11.1. The second-order valence-corrected chi connectivity index (χ2v) is 5.48. The Morgan fingerprint density at radius 3 is 2.21 bits per heavy atom. The molecular formula is C15H11Cl2F3N2O2. The van der Waals surface area contributed by atoms with Gasteiger partial charge in [0.1, 0.15) is 5.75 Å². The molecule has 0 unspecified atom stereocenters. The molecular weight excluding hydrogens is 368 g/mol. The van der Waals surface area contributed by atoms with Crippen LogP contribution in [0.4, 0.5) is 29.3 Å². The summed E-state index contributed by atoms with van der Waals surface area (Å²) in [5.41, 5.74) is -1.27. The van der Waals surface area contributed by atoms with Crippen LogP contribution >= 0.6 is 23.2 Å². The van der Waals surface area contributed by atoms with Crippen LogP contribution in [0.15, 0.2) is 36.4 Å². The van der Waals surface area contributed by atoms with Crippen molar-refractivity contribution in [2.45, 2.75) is 6.18 Å². The number of alkyl halides is 3. The molecule has 0 bridgehead atoms. The Bertz CT molecular complexity index is 767. The van der Waals surface area contributed by atoms with Gasteiger partial charge in [0.25, 0.3) is 0 Å². The van der Waals surface area contributed by atoms with Gasteiger partial charge in [-0.2, -0.15) is 13.2 Å². The van der Waals surface area contributed by atoms with Crippen LogP contribution in [0.2, 0.25) is 10.0 Å². The van der Waals surface area contributed by atoms with Gasteiger partial charge in [0.05, 0.1) is 24.0 Å². The number of rotatable bonds is 3. The topological polar surface area (TPSA) is 50.4 Å². The summed E-state index contributed by atoms with van der Waals surface area (Å²) in [5, 5.41) is 4.76. The fourth-order valence-corrected chi connectivity index (χ4v) is 2.26. The number of anilines is 2. The summed E-state index contributed by atoms with van der Waals surface area (Å²) in [6, 6.07) is 6.63. The zero-order valence-corrected chi connectivity index (χ0v) is 13.7. The zero-order chi connectivity index (χ0) is 17.9. The van der Waals surface area contributed by atoms with E-state index in [1.54, 1.807) is 6.07 Å². The van der Waals surface area contributed by atoms with Crippen LogP contribution in [-0.2, 0) is 6.18 Å². The van der Waals surface area contributed by atoms with Crippen LogP contribution < -0.4 is 15.4 Å². The Labute approximate surface area is 145 Å². The van der Waals surface area contributed by atoms with Gasteiger partial charge < -0.3 is 15.4 Å². The van der Waals surface area contributed by atoms with Crippen LogP contribution in [0, 0.1) is 0 Å². The molecule has 4 nitrogen and oxygen atoms in total. The first-order chi connectivity index (χ1) is 11.2. The SMILES string of the molecule is COc1ccc(Cl)cc1NC(=O)Nc1ccc(Cl)cc1C(F)(F)F. The van der Waals surface area contributed by atoms with Crippen molar-refractivity contribution in [2.75, 3.05) is 17.7 Å². The van der Waals surface area contributed by atoms with Crippen molar-refractivity contribution in [3.8, 4) is 5.75 Å². The van der Waals surface area contributed by atoms with Crippen molar-refractivity contribution in [3.05, 3.63) is 52.0 Å². The average molecular weight is 379 g/mol. The standard InChI is InChI=1S/C15H11Cl2F3N2O2/c1-24-13-5-3-9(17)7-12(13)22-14(23)21-11-4-2-8(16)6-10(11)15(18,19)20/h2-7H,1H3,(H2,21,22,23). The first-order valence-corrected chi connectivity index (χ1v) is 7.24. The van der Waals surface area contributed by atoms with Crippen molar-refractivity contribution in [3.63, 3.8) is 0 Å². The highest BCUT2D eigenvalue weighted by molar-refractivity contribution is 6.31. The molecule has 0 spiro atoms. The zero-order valence-electron chi connectivity index (χ0n) is 12.2. The summed E-state index contributed by atoms with van der Waals surface area (Å²) in [5.74, 6) is 0.307. The third-order valence-electron chi connectivity index (χ3n) is 2.94. The number of hydrogen-bond donors (Lipinski definition) is 2. The van der Waals surface area contributed by atoms with Gasteiger partial charge in [-0.25, -0.2) is 4.79 Å². The highest BCUT2D eigenvalue weighted by atomic mass is 35.5. The Morgan fingerprint density at radius 1 is 1.00 bits per heavy atom. The van der Waals surface area contributed by atoms with Crippen LogP contribution in [0.5, 0.6) is 5.75 Å². The molecule has 0 aliphatic rings. The maximum atomic E-state index is 13.0. The third kappa shape index (κ3) is 4.46. The van der Waals surface area contributed by atoms with E-state index in [4.69, 9.17) is 27.9 Å². The van der Waals surface area contributed by atoms with E-state index < -0.39 is 23.5 Å². The maximum absolute atomic E-state index is 13.0. The number of amides is 2. The highest BCUT2D eigenvalue weighted by Crippen LogP contribution is 2.36. The van der Waals surface area contributed by atoms with E-state index in [2.05, 4.69) is 10.6 Å². The number of ether oxygens (including phenoxy) is 1. The maximum Gasteiger partial charge on any atom is 0.418 e. The molecule has 0 radical (unpaired) electrons. The lowest BCUT2D eigenvalue weighted by Gasteiger charge is -2.15. The number of carbonyl (C=O) groups excluding carboxylic acids is 1. The number of nitrogens with one attached hydrogen (secondary N) is 2. The molecule has 2 N–H and O–H groups in total. The molecule has 2 aromatic carbocycles. The van der Waals surface area contributed by atoms with Gasteiger partial charge in [-0.05, 0) is 36.4 Å². The van der Waals surface area contributed by atoms with Gasteiger partial charge in [-0.1, -0.05) is 23.2 Å². The smallest absolute Gasteiger partial charge is 0.418 e. The Balaban J connectivity index is 2.24.